The molecule has 14 heteroatoms. The van der Waals surface area contributed by atoms with E-state index < -0.39 is 36.7 Å². The first-order valence-corrected chi connectivity index (χ1v) is 14.1. The summed E-state index contributed by atoms with van der Waals surface area (Å²) in [6, 6.07) is 15.8. The second-order valence-electron chi connectivity index (χ2n) is 10.4. The predicted octanol–water partition coefficient (Wildman–Crippen LogP) is 8.36. The van der Waals surface area contributed by atoms with E-state index in [1.165, 1.54) is 12.1 Å². The first kappa shape index (κ1) is 32.0. The number of carbonyl (C=O) groups excluding carboxylic acids is 2. The number of rotatable bonds is 9. The molecule has 0 aliphatic heterocycles. The molecule has 48 heavy (non-hydrogen) atoms. The van der Waals surface area contributed by atoms with Gasteiger partial charge in [-0.15, -0.1) is 0 Å². The molecule has 6 rings (SSSR count). The summed E-state index contributed by atoms with van der Waals surface area (Å²) in [5.41, 5.74) is 4.50. The molecule has 0 spiro atoms. The van der Waals surface area contributed by atoms with Crippen LogP contribution in [0.3, 0.4) is 0 Å². The Labute approximate surface area is 268 Å². The lowest BCUT2D eigenvalue weighted by Crippen LogP contribution is -2.09. The third-order valence-electron chi connectivity index (χ3n) is 7.64. The summed E-state index contributed by atoms with van der Waals surface area (Å²) in [6.45, 7) is -2.66. The van der Waals surface area contributed by atoms with Crippen molar-refractivity contribution in [3.63, 3.8) is 0 Å². The van der Waals surface area contributed by atoms with Gasteiger partial charge in [-0.2, -0.15) is 17.6 Å². The van der Waals surface area contributed by atoms with Gasteiger partial charge in [0.15, 0.2) is 11.2 Å². The van der Waals surface area contributed by atoms with Crippen LogP contribution in [-0.4, -0.2) is 49.3 Å². The Morgan fingerprint density at radius 2 is 1.00 bits per heavy atom. The van der Waals surface area contributed by atoms with Crippen molar-refractivity contribution in [1.29, 1.82) is 0 Å². The Bertz CT molecular complexity index is 2050. The highest BCUT2D eigenvalue weighted by atomic mass is 19.3. The smallest absolute Gasteiger partial charge is 0.387 e. The van der Waals surface area contributed by atoms with Crippen LogP contribution < -0.4 is 9.47 Å². The van der Waals surface area contributed by atoms with Crippen LogP contribution in [0.2, 0.25) is 0 Å². The zero-order chi connectivity index (χ0) is 34.3. The maximum Gasteiger partial charge on any atom is 0.387 e. The minimum absolute atomic E-state index is 0.115. The second-order valence-corrected chi connectivity index (χ2v) is 10.4. The van der Waals surface area contributed by atoms with E-state index in [2.05, 4.69) is 19.4 Å². The third kappa shape index (κ3) is 5.87. The van der Waals surface area contributed by atoms with Crippen LogP contribution in [0.1, 0.15) is 31.8 Å². The van der Waals surface area contributed by atoms with Crippen molar-refractivity contribution in [1.82, 2.24) is 9.97 Å². The zero-order valence-corrected chi connectivity index (χ0v) is 25.6. The molecule has 0 atom stereocenters. The minimum atomic E-state index is -3.18. The fourth-order valence-electron chi connectivity index (χ4n) is 5.39. The molecule has 0 aliphatic rings. The van der Waals surface area contributed by atoms with Crippen molar-refractivity contribution in [3.05, 3.63) is 82.9 Å². The van der Waals surface area contributed by atoms with Crippen molar-refractivity contribution in [2.45, 2.75) is 27.1 Å². The summed E-state index contributed by atoms with van der Waals surface area (Å²) in [6.07, 6.45) is 0. The molecule has 6 aromatic rings. The molecule has 0 saturated carbocycles. The fourth-order valence-corrected chi connectivity index (χ4v) is 5.39. The van der Waals surface area contributed by atoms with E-state index in [9.17, 15) is 27.2 Å². The number of halogens is 4. The SMILES string of the molecule is COC(=O)c1cc2nc(-c3cccc(-c4cccc(-c5nc6cc(C(=O)OC)c(OC(F)F)cc6o5)c4C)c3C)oc2cc1OC(F)F. The first-order chi connectivity index (χ1) is 23.0. The summed E-state index contributed by atoms with van der Waals surface area (Å²) in [7, 11) is 2.23. The third-order valence-corrected chi connectivity index (χ3v) is 7.64. The van der Waals surface area contributed by atoms with Crippen LogP contribution in [0.4, 0.5) is 17.6 Å². The molecule has 0 fully saturated rings. The lowest BCUT2D eigenvalue weighted by molar-refractivity contribution is -0.0511. The van der Waals surface area contributed by atoms with Crippen LogP contribution in [0.15, 0.2) is 69.5 Å². The Morgan fingerprint density at radius 3 is 1.35 bits per heavy atom. The topological polar surface area (TPSA) is 123 Å². The van der Waals surface area contributed by atoms with Gasteiger partial charge in [0.2, 0.25) is 11.8 Å². The van der Waals surface area contributed by atoms with Gasteiger partial charge in [-0.25, -0.2) is 19.6 Å². The predicted molar refractivity (Wildman–Crippen MR) is 163 cm³/mol. The molecule has 0 N–H and O–H groups in total. The van der Waals surface area contributed by atoms with Gasteiger partial charge in [0.25, 0.3) is 0 Å². The van der Waals surface area contributed by atoms with Crippen molar-refractivity contribution in [2.24, 2.45) is 0 Å². The Morgan fingerprint density at radius 1 is 0.625 bits per heavy atom. The summed E-state index contributed by atoms with van der Waals surface area (Å²) < 4.78 is 82.6. The highest BCUT2D eigenvalue weighted by molar-refractivity contribution is 5.98. The molecular weight excluding hydrogens is 640 g/mol. The summed E-state index contributed by atoms with van der Waals surface area (Å²) in [4.78, 5) is 33.5. The monoisotopic (exact) mass is 664 g/mol. The number of methoxy groups -OCH3 is 2. The highest BCUT2D eigenvalue weighted by Gasteiger charge is 2.24. The van der Waals surface area contributed by atoms with Gasteiger partial charge >= 0.3 is 25.2 Å². The molecule has 246 valence electrons. The second kappa shape index (κ2) is 12.7. The van der Waals surface area contributed by atoms with E-state index in [4.69, 9.17) is 18.3 Å². The maximum atomic E-state index is 13.1. The van der Waals surface area contributed by atoms with Gasteiger partial charge in [-0.05, 0) is 60.4 Å². The largest absolute Gasteiger partial charge is 0.465 e. The van der Waals surface area contributed by atoms with E-state index in [-0.39, 0.29) is 45.1 Å². The Kier molecular flexibility index (Phi) is 8.48. The number of hydrogen-bond donors (Lipinski definition) is 0. The van der Waals surface area contributed by atoms with Gasteiger partial charge in [0, 0.05) is 23.3 Å². The van der Waals surface area contributed by atoms with E-state index in [0.717, 1.165) is 48.6 Å². The summed E-state index contributed by atoms with van der Waals surface area (Å²) in [5, 5.41) is 0. The first-order valence-electron chi connectivity index (χ1n) is 14.1. The van der Waals surface area contributed by atoms with Crippen LogP contribution in [-0.2, 0) is 9.47 Å². The number of alkyl halides is 4. The van der Waals surface area contributed by atoms with Crippen LogP contribution in [0.25, 0.3) is 56.2 Å². The number of carbonyl (C=O) groups is 2. The van der Waals surface area contributed by atoms with Crippen LogP contribution in [0, 0.1) is 13.8 Å². The van der Waals surface area contributed by atoms with Crippen molar-refractivity contribution in [2.75, 3.05) is 14.2 Å². The molecule has 0 saturated heterocycles. The summed E-state index contributed by atoms with van der Waals surface area (Å²) in [5.74, 6) is -2.24. The van der Waals surface area contributed by atoms with E-state index >= 15 is 0 Å². The van der Waals surface area contributed by atoms with E-state index in [1.807, 2.05) is 26.0 Å². The zero-order valence-electron chi connectivity index (χ0n) is 25.6. The lowest BCUT2D eigenvalue weighted by Gasteiger charge is -2.14. The molecule has 2 aromatic heterocycles. The molecule has 10 nitrogen and oxygen atoms in total. The van der Waals surface area contributed by atoms with Gasteiger partial charge in [-0.3, -0.25) is 0 Å². The molecule has 0 radical (unpaired) electrons. The van der Waals surface area contributed by atoms with Crippen LogP contribution in [0.5, 0.6) is 11.5 Å². The van der Waals surface area contributed by atoms with Gasteiger partial charge < -0.3 is 27.8 Å². The molecule has 0 unspecified atom stereocenters. The molecule has 2 heterocycles. The summed E-state index contributed by atoms with van der Waals surface area (Å²) >= 11 is 0. The number of hydrogen-bond acceptors (Lipinski definition) is 10. The van der Waals surface area contributed by atoms with E-state index in [0.29, 0.717) is 11.1 Å². The van der Waals surface area contributed by atoms with E-state index in [1.54, 1.807) is 24.3 Å². The number of esters is 2. The van der Waals surface area contributed by atoms with Gasteiger partial charge in [0.1, 0.15) is 33.7 Å². The Hall–Kier alpha value is -5.92. The van der Waals surface area contributed by atoms with Crippen molar-refractivity contribution < 1.29 is 54.9 Å². The van der Waals surface area contributed by atoms with Gasteiger partial charge in [0.05, 0.1) is 14.2 Å². The fraction of sp³-hybridized carbons (Fsp3) is 0.176. The number of ether oxygens (including phenoxy) is 4. The number of oxazole rings is 2. The van der Waals surface area contributed by atoms with Gasteiger partial charge in [-0.1, -0.05) is 24.3 Å². The minimum Gasteiger partial charge on any atom is -0.465 e. The quantitative estimate of drug-likeness (QED) is 0.110. The average molecular weight is 665 g/mol. The molecule has 4 aromatic carbocycles. The molecule has 0 amide bonds. The highest BCUT2D eigenvalue weighted by Crippen LogP contribution is 2.39. The Balaban J connectivity index is 1.41. The number of aromatic nitrogens is 2. The average Bonchev–Trinajstić information content (AvgIpc) is 3.66. The molecular formula is C34H24F4N2O8. The normalized spacial score (nSPS) is 11.5. The van der Waals surface area contributed by atoms with Crippen LogP contribution >= 0.6 is 0 Å². The molecule has 0 bridgehead atoms. The van der Waals surface area contributed by atoms with Crippen molar-refractivity contribution in [3.8, 4) is 45.5 Å². The lowest BCUT2D eigenvalue weighted by atomic mass is 9.91. The number of benzene rings is 4. The maximum absolute atomic E-state index is 13.1. The molecule has 0 aliphatic carbocycles. The standard InChI is InChI=1S/C34H24F4N2O8/c1-15-17(7-5-9-19(15)29-39-23-11-21(31(41)43-3)25(47-33(35)36)13-27(23)45-29)18-8-6-10-20(16(18)2)30-40-24-12-22(32(42)44-4)26(48-34(37)38)14-28(24)46-30/h5-14,33-34H,1-4H3. The number of nitrogens with zero attached hydrogens (tertiary/aromatic N) is 2. The number of fused-ring (bicyclic) bond motifs is 2. The van der Waals surface area contributed by atoms with Crippen molar-refractivity contribution >= 4 is 34.1 Å².